The van der Waals surface area contributed by atoms with Gasteiger partial charge in [0.05, 0.1) is 6.04 Å². The van der Waals surface area contributed by atoms with Crippen molar-refractivity contribution < 1.29 is 19.5 Å². The van der Waals surface area contributed by atoms with Crippen LogP contribution < -0.4 is 16.4 Å². The van der Waals surface area contributed by atoms with Crippen molar-refractivity contribution in [2.75, 3.05) is 6.54 Å². The summed E-state index contributed by atoms with van der Waals surface area (Å²) in [6.45, 7) is 0.972. The second kappa shape index (κ2) is 8.01. The zero-order valence-corrected chi connectivity index (χ0v) is 11.7. The van der Waals surface area contributed by atoms with Crippen LogP contribution in [0, 0.1) is 0 Å². The van der Waals surface area contributed by atoms with Gasteiger partial charge in [0, 0.05) is 0 Å². The van der Waals surface area contributed by atoms with Crippen molar-refractivity contribution in [2.45, 2.75) is 25.4 Å². The first kappa shape index (κ1) is 16.6. The van der Waals surface area contributed by atoms with Crippen LogP contribution in [0.1, 0.15) is 12.5 Å². The largest absolute Gasteiger partial charge is 0.480 e. The van der Waals surface area contributed by atoms with Crippen LogP contribution in [0.2, 0.25) is 0 Å². The summed E-state index contributed by atoms with van der Waals surface area (Å²) >= 11 is 0. The maximum Gasteiger partial charge on any atom is 0.322 e. The number of carbonyl (C=O) groups is 3. The molecule has 1 aromatic rings. The fraction of sp³-hybridized carbons (Fsp3) is 0.357. The topological polar surface area (TPSA) is 122 Å². The molecule has 0 heterocycles. The molecule has 2 amide bonds. The summed E-state index contributed by atoms with van der Waals surface area (Å²) in [7, 11) is 0. The summed E-state index contributed by atoms with van der Waals surface area (Å²) in [6.07, 6.45) is 0.357. The minimum absolute atomic E-state index is 0.357. The molecule has 1 aromatic carbocycles. The lowest BCUT2D eigenvalue weighted by Gasteiger charge is -2.17. The van der Waals surface area contributed by atoms with Crippen molar-refractivity contribution in [1.82, 2.24) is 10.6 Å². The van der Waals surface area contributed by atoms with E-state index in [0.29, 0.717) is 6.42 Å². The van der Waals surface area contributed by atoms with Crippen LogP contribution in [-0.2, 0) is 20.8 Å². The molecule has 0 aromatic heterocycles. The van der Waals surface area contributed by atoms with Gasteiger partial charge in [-0.25, -0.2) is 0 Å². The molecule has 0 radical (unpaired) electrons. The molecule has 0 saturated carbocycles. The molecule has 7 heteroatoms. The Kier molecular flexibility index (Phi) is 6.35. The van der Waals surface area contributed by atoms with E-state index in [1.807, 2.05) is 30.3 Å². The number of aliphatic carboxylic acids is 1. The molecule has 21 heavy (non-hydrogen) atoms. The molecular weight excluding hydrogens is 274 g/mol. The van der Waals surface area contributed by atoms with E-state index in [9.17, 15) is 14.4 Å². The van der Waals surface area contributed by atoms with Crippen molar-refractivity contribution in [2.24, 2.45) is 5.73 Å². The maximum atomic E-state index is 11.9. The molecule has 5 N–H and O–H groups in total. The first-order valence-electron chi connectivity index (χ1n) is 6.49. The molecule has 7 nitrogen and oxygen atoms in total. The van der Waals surface area contributed by atoms with E-state index in [0.717, 1.165) is 5.56 Å². The standard InChI is InChI=1S/C14H19N3O4/c1-9(13(20)16-8-12(18)19)17-14(21)11(15)7-10-5-3-2-4-6-10/h2-6,9,11H,7-8,15H2,1H3,(H,16,20)(H,17,21)(H,18,19)/t9-,11-/m0/s1. The molecule has 0 spiro atoms. The number of benzene rings is 1. The van der Waals surface area contributed by atoms with Crippen molar-refractivity contribution in [3.05, 3.63) is 35.9 Å². The highest BCUT2D eigenvalue weighted by Gasteiger charge is 2.20. The number of nitrogens with one attached hydrogen (secondary N) is 2. The molecular formula is C14H19N3O4. The van der Waals surface area contributed by atoms with Gasteiger partial charge in [-0.1, -0.05) is 30.3 Å². The second-order valence-corrected chi connectivity index (χ2v) is 4.64. The van der Waals surface area contributed by atoms with Gasteiger partial charge in [0.2, 0.25) is 11.8 Å². The predicted octanol–water partition coefficient (Wildman–Crippen LogP) is -0.738. The first-order chi connectivity index (χ1) is 9.90. The van der Waals surface area contributed by atoms with E-state index in [1.54, 1.807) is 0 Å². The van der Waals surface area contributed by atoms with Gasteiger partial charge in [-0.3, -0.25) is 14.4 Å². The normalized spacial score (nSPS) is 13.0. The number of amides is 2. The molecule has 0 fully saturated rings. The van der Waals surface area contributed by atoms with E-state index in [2.05, 4.69) is 10.6 Å². The molecule has 0 bridgehead atoms. The zero-order valence-electron chi connectivity index (χ0n) is 11.7. The molecule has 0 aliphatic rings. The number of carbonyl (C=O) groups excluding carboxylic acids is 2. The zero-order chi connectivity index (χ0) is 15.8. The first-order valence-corrected chi connectivity index (χ1v) is 6.49. The van der Waals surface area contributed by atoms with Crippen molar-refractivity contribution in [1.29, 1.82) is 0 Å². The molecule has 0 unspecified atom stereocenters. The lowest BCUT2D eigenvalue weighted by atomic mass is 10.1. The fourth-order valence-corrected chi connectivity index (χ4v) is 1.66. The van der Waals surface area contributed by atoms with Gasteiger partial charge in [-0.2, -0.15) is 0 Å². The third-order valence-corrected chi connectivity index (χ3v) is 2.80. The summed E-state index contributed by atoms with van der Waals surface area (Å²) in [4.78, 5) is 33.7. The van der Waals surface area contributed by atoms with Gasteiger partial charge in [-0.05, 0) is 18.9 Å². The highest BCUT2D eigenvalue weighted by atomic mass is 16.4. The van der Waals surface area contributed by atoms with Crippen molar-refractivity contribution >= 4 is 17.8 Å². The number of nitrogens with two attached hydrogens (primary N) is 1. The van der Waals surface area contributed by atoms with E-state index < -0.39 is 36.4 Å². The van der Waals surface area contributed by atoms with E-state index in [-0.39, 0.29) is 0 Å². The molecule has 0 aliphatic carbocycles. The average molecular weight is 293 g/mol. The SMILES string of the molecule is C[C@H](NC(=O)[C@@H](N)Cc1ccccc1)C(=O)NCC(=O)O. The summed E-state index contributed by atoms with van der Waals surface area (Å²) in [5.41, 5.74) is 6.70. The Balaban J connectivity index is 2.44. The van der Waals surface area contributed by atoms with Gasteiger partial charge in [0.1, 0.15) is 12.6 Å². The van der Waals surface area contributed by atoms with Crippen LogP contribution in [0.5, 0.6) is 0 Å². The predicted molar refractivity (Wildman–Crippen MR) is 76.4 cm³/mol. The third-order valence-electron chi connectivity index (χ3n) is 2.80. The molecule has 0 saturated heterocycles. The Bertz CT molecular complexity index is 504. The van der Waals surface area contributed by atoms with Crippen LogP contribution in [-0.4, -0.2) is 41.5 Å². The number of hydrogen-bond acceptors (Lipinski definition) is 4. The Morgan fingerprint density at radius 3 is 2.38 bits per heavy atom. The molecule has 0 aliphatic heterocycles. The molecule has 2 atom stereocenters. The van der Waals surface area contributed by atoms with E-state index in [4.69, 9.17) is 10.8 Å². The number of rotatable bonds is 7. The lowest BCUT2D eigenvalue weighted by Crippen LogP contribution is -2.51. The van der Waals surface area contributed by atoms with Crippen LogP contribution in [0.4, 0.5) is 0 Å². The number of carboxylic acid groups (broad SMARTS) is 1. The minimum atomic E-state index is -1.15. The van der Waals surface area contributed by atoms with Gasteiger partial charge in [0.15, 0.2) is 0 Å². The van der Waals surface area contributed by atoms with Crippen LogP contribution >= 0.6 is 0 Å². The Morgan fingerprint density at radius 2 is 1.81 bits per heavy atom. The van der Waals surface area contributed by atoms with Gasteiger partial charge in [0.25, 0.3) is 0 Å². The Labute approximate surface area is 122 Å². The summed E-state index contributed by atoms with van der Waals surface area (Å²) in [5, 5.41) is 13.1. The van der Waals surface area contributed by atoms with Crippen LogP contribution in [0.3, 0.4) is 0 Å². The molecule has 1 rings (SSSR count). The van der Waals surface area contributed by atoms with Crippen molar-refractivity contribution in [3.8, 4) is 0 Å². The number of hydrogen-bond donors (Lipinski definition) is 4. The van der Waals surface area contributed by atoms with Crippen molar-refractivity contribution in [3.63, 3.8) is 0 Å². The average Bonchev–Trinajstić information content (AvgIpc) is 2.45. The number of carboxylic acids is 1. The maximum absolute atomic E-state index is 11.9. The lowest BCUT2D eigenvalue weighted by molar-refractivity contribution is -0.138. The molecule has 114 valence electrons. The Hall–Kier alpha value is -2.41. The minimum Gasteiger partial charge on any atom is -0.480 e. The van der Waals surface area contributed by atoms with E-state index in [1.165, 1.54) is 6.92 Å². The second-order valence-electron chi connectivity index (χ2n) is 4.64. The van der Waals surface area contributed by atoms with E-state index >= 15 is 0 Å². The summed E-state index contributed by atoms with van der Waals surface area (Å²) < 4.78 is 0. The van der Waals surface area contributed by atoms with Crippen LogP contribution in [0.15, 0.2) is 30.3 Å². The van der Waals surface area contributed by atoms with Gasteiger partial charge < -0.3 is 21.5 Å². The quantitative estimate of drug-likeness (QED) is 0.527. The monoisotopic (exact) mass is 293 g/mol. The fourth-order valence-electron chi connectivity index (χ4n) is 1.66. The van der Waals surface area contributed by atoms with Gasteiger partial charge >= 0.3 is 5.97 Å². The highest BCUT2D eigenvalue weighted by Crippen LogP contribution is 2.02. The smallest absolute Gasteiger partial charge is 0.322 e. The summed E-state index contributed by atoms with van der Waals surface area (Å²) in [6, 6.07) is 7.65. The Morgan fingerprint density at radius 1 is 1.19 bits per heavy atom. The highest BCUT2D eigenvalue weighted by molar-refractivity contribution is 5.90. The summed E-state index contributed by atoms with van der Waals surface area (Å²) in [5.74, 6) is -2.18. The third kappa shape index (κ3) is 6.05. The van der Waals surface area contributed by atoms with Crippen LogP contribution in [0.25, 0.3) is 0 Å². The van der Waals surface area contributed by atoms with Gasteiger partial charge in [-0.15, -0.1) is 0 Å².